The van der Waals surface area contributed by atoms with Crippen LogP contribution in [0.2, 0.25) is 0 Å². The molecule has 0 fully saturated rings. The lowest BCUT2D eigenvalue weighted by molar-refractivity contribution is 0.0176. The number of halogens is 1. The second-order valence-electron chi connectivity index (χ2n) is 7.37. The summed E-state index contributed by atoms with van der Waals surface area (Å²) in [7, 11) is 1.59. The molecule has 0 aliphatic rings. The van der Waals surface area contributed by atoms with Crippen molar-refractivity contribution in [1.29, 1.82) is 0 Å². The molecule has 1 aromatic heterocycles. The highest BCUT2D eigenvalue weighted by Gasteiger charge is 2.15. The first-order chi connectivity index (χ1) is 15.6. The molecule has 6 nitrogen and oxygen atoms in total. The number of para-hydroxylation sites is 1. The second-order valence-corrected chi connectivity index (χ2v) is 7.37. The number of benzene rings is 3. The minimum atomic E-state index is -0.947. The third-order valence-corrected chi connectivity index (χ3v) is 5.13. The van der Waals surface area contributed by atoms with Crippen molar-refractivity contribution in [2.75, 3.05) is 13.7 Å². The maximum absolute atomic E-state index is 13.4. The number of methoxy groups -OCH3 is 1. The Labute approximate surface area is 184 Å². The lowest BCUT2D eigenvalue weighted by Crippen LogP contribution is -2.31. The number of hydrogen-bond donors (Lipinski definition) is 1. The molecule has 0 saturated heterocycles. The fraction of sp³-hybridized carbons (Fsp3) is 0.200. The summed E-state index contributed by atoms with van der Waals surface area (Å²) in [5.41, 5.74) is 1.78. The topological polar surface area (TPSA) is 73.6 Å². The number of fused-ring (bicyclic) bond motifs is 1. The highest BCUT2D eigenvalue weighted by Crippen LogP contribution is 2.25. The van der Waals surface area contributed by atoms with E-state index in [0.717, 1.165) is 5.56 Å². The van der Waals surface area contributed by atoms with Crippen LogP contribution in [0.25, 0.3) is 22.0 Å². The van der Waals surface area contributed by atoms with Gasteiger partial charge in [0.2, 0.25) is 0 Å². The Morgan fingerprint density at radius 3 is 2.44 bits per heavy atom. The largest absolute Gasteiger partial charge is 0.496 e. The molecule has 0 aliphatic carbocycles. The Balaban J connectivity index is 1.55. The number of nitrogens with zero attached hydrogens (tertiary/aromatic N) is 2. The first kappa shape index (κ1) is 21.7. The molecule has 7 heteroatoms. The van der Waals surface area contributed by atoms with Crippen LogP contribution in [0.15, 0.2) is 77.6 Å². The van der Waals surface area contributed by atoms with Gasteiger partial charge in [-0.3, -0.25) is 4.79 Å². The van der Waals surface area contributed by atoms with Crippen molar-refractivity contribution < 1.29 is 19.0 Å². The lowest BCUT2D eigenvalue weighted by atomic mass is 10.1. The van der Waals surface area contributed by atoms with Crippen LogP contribution in [0.1, 0.15) is 5.56 Å². The Hall–Kier alpha value is -3.55. The zero-order chi connectivity index (χ0) is 22.5. The van der Waals surface area contributed by atoms with Gasteiger partial charge in [-0.2, -0.15) is 5.10 Å². The number of aliphatic hydroxyl groups is 1. The van der Waals surface area contributed by atoms with Crippen molar-refractivity contribution in [2.45, 2.75) is 19.3 Å². The molecule has 0 spiro atoms. The number of ether oxygens (including phenoxy) is 2. The van der Waals surface area contributed by atoms with Crippen LogP contribution in [0.3, 0.4) is 0 Å². The standard InChI is InChI=1S/C25H23FN2O4/c1-31-23-9-5-2-6-18(23)15-32-16-20(29)14-28-25(30)22-8-4-3-7-21(22)24(27-28)17-10-12-19(26)13-11-17/h2-13,20,29H,14-16H2,1H3. The number of rotatable bonds is 8. The molecule has 0 bridgehead atoms. The molecule has 1 N–H and O–H groups in total. The smallest absolute Gasteiger partial charge is 0.274 e. The fourth-order valence-corrected chi connectivity index (χ4v) is 3.56. The Bertz CT molecular complexity index is 1270. The van der Waals surface area contributed by atoms with E-state index in [-0.39, 0.29) is 31.1 Å². The predicted octanol–water partition coefficient (Wildman–Crippen LogP) is 3.79. The van der Waals surface area contributed by atoms with E-state index in [2.05, 4.69) is 5.10 Å². The molecule has 0 aliphatic heterocycles. The van der Waals surface area contributed by atoms with Crippen LogP contribution in [-0.4, -0.2) is 34.7 Å². The first-order valence-corrected chi connectivity index (χ1v) is 10.2. The molecule has 32 heavy (non-hydrogen) atoms. The van der Waals surface area contributed by atoms with E-state index in [1.807, 2.05) is 30.3 Å². The van der Waals surface area contributed by atoms with E-state index in [1.54, 1.807) is 37.4 Å². The minimum absolute atomic E-state index is 0.0187. The SMILES string of the molecule is COc1ccccc1COCC(O)Cn1nc(-c2ccc(F)cc2)c2ccccc2c1=O. The maximum atomic E-state index is 13.4. The second kappa shape index (κ2) is 9.72. The lowest BCUT2D eigenvalue weighted by Gasteiger charge is -2.15. The normalized spacial score (nSPS) is 12.1. The van der Waals surface area contributed by atoms with Crippen LogP contribution in [0.4, 0.5) is 4.39 Å². The van der Waals surface area contributed by atoms with E-state index < -0.39 is 6.10 Å². The van der Waals surface area contributed by atoms with Crippen LogP contribution in [0.5, 0.6) is 5.75 Å². The van der Waals surface area contributed by atoms with Crippen LogP contribution in [0, 0.1) is 5.82 Å². The molecule has 1 atom stereocenters. The summed E-state index contributed by atoms with van der Waals surface area (Å²) >= 11 is 0. The molecule has 1 unspecified atom stereocenters. The van der Waals surface area contributed by atoms with Gasteiger partial charge in [-0.05, 0) is 36.4 Å². The van der Waals surface area contributed by atoms with Crippen LogP contribution < -0.4 is 10.3 Å². The van der Waals surface area contributed by atoms with Crippen molar-refractivity contribution in [3.8, 4) is 17.0 Å². The molecule has 3 aromatic carbocycles. The molecule has 0 amide bonds. The predicted molar refractivity (Wildman–Crippen MR) is 120 cm³/mol. The Kier molecular flexibility index (Phi) is 6.58. The van der Waals surface area contributed by atoms with Gasteiger partial charge in [0.15, 0.2) is 0 Å². The first-order valence-electron chi connectivity index (χ1n) is 10.2. The van der Waals surface area contributed by atoms with Crippen molar-refractivity contribution in [3.63, 3.8) is 0 Å². The summed E-state index contributed by atoms with van der Waals surface area (Å²) in [6, 6.07) is 20.5. The van der Waals surface area contributed by atoms with Gasteiger partial charge in [0.1, 0.15) is 11.6 Å². The summed E-state index contributed by atoms with van der Waals surface area (Å²) in [6.45, 7) is 0.247. The zero-order valence-electron chi connectivity index (χ0n) is 17.6. The monoisotopic (exact) mass is 434 g/mol. The van der Waals surface area contributed by atoms with E-state index >= 15 is 0 Å². The van der Waals surface area contributed by atoms with Gasteiger partial charge >= 0.3 is 0 Å². The van der Waals surface area contributed by atoms with Gasteiger partial charge in [0.05, 0.1) is 44.1 Å². The van der Waals surface area contributed by atoms with Gasteiger partial charge in [-0.1, -0.05) is 36.4 Å². The van der Waals surface area contributed by atoms with Gasteiger partial charge in [-0.15, -0.1) is 0 Å². The van der Waals surface area contributed by atoms with Crippen molar-refractivity contribution in [2.24, 2.45) is 0 Å². The quantitative estimate of drug-likeness (QED) is 0.457. The van der Waals surface area contributed by atoms with Gasteiger partial charge in [-0.25, -0.2) is 9.07 Å². The van der Waals surface area contributed by atoms with Gasteiger partial charge in [0.25, 0.3) is 5.56 Å². The number of aromatic nitrogens is 2. The zero-order valence-corrected chi connectivity index (χ0v) is 17.6. The van der Waals surface area contributed by atoms with Crippen molar-refractivity contribution >= 4 is 10.8 Å². The summed E-state index contributed by atoms with van der Waals surface area (Å²) in [4.78, 5) is 13.0. The Morgan fingerprint density at radius 2 is 1.69 bits per heavy atom. The van der Waals surface area contributed by atoms with Gasteiger partial charge < -0.3 is 14.6 Å². The fourth-order valence-electron chi connectivity index (χ4n) is 3.56. The summed E-state index contributed by atoms with van der Waals surface area (Å²) in [6.07, 6.45) is -0.947. The third-order valence-electron chi connectivity index (χ3n) is 5.13. The van der Waals surface area contributed by atoms with Crippen LogP contribution >= 0.6 is 0 Å². The van der Waals surface area contributed by atoms with Crippen LogP contribution in [-0.2, 0) is 17.9 Å². The van der Waals surface area contributed by atoms with Crippen molar-refractivity contribution in [3.05, 3.63) is 94.5 Å². The van der Waals surface area contributed by atoms with E-state index in [9.17, 15) is 14.3 Å². The molecule has 0 radical (unpaired) electrons. The molecule has 1 heterocycles. The number of aliphatic hydroxyl groups excluding tert-OH is 1. The summed E-state index contributed by atoms with van der Waals surface area (Å²) < 4.78 is 25.6. The van der Waals surface area contributed by atoms with Crippen molar-refractivity contribution in [1.82, 2.24) is 9.78 Å². The Morgan fingerprint density at radius 1 is 1.00 bits per heavy atom. The summed E-state index contributed by atoms with van der Waals surface area (Å²) in [5.74, 6) is 0.354. The molecule has 4 aromatic rings. The van der Waals surface area contributed by atoms with E-state index in [1.165, 1.54) is 16.8 Å². The van der Waals surface area contributed by atoms with Gasteiger partial charge in [0, 0.05) is 16.5 Å². The molecule has 0 saturated carbocycles. The average Bonchev–Trinajstić information content (AvgIpc) is 2.82. The summed E-state index contributed by atoms with van der Waals surface area (Å²) in [5, 5.41) is 16.1. The molecular weight excluding hydrogens is 411 g/mol. The highest BCUT2D eigenvalue weighted by molar-refractivity contribution is 5.93. The van der Waals surface area contributed by atoms with E-state index in [0.29, 0.717) is 27.8 Å². The molecule has 4 rings (SSSR count). The van der Waals surface area contributed by atoms with E-state index in [4.69, 9.17) is 9.47 Å². The molecule has 164 valence electrons. The minimum Gasteiger partial charge on any atom is -0.496 e. The third kappa shape index (κ3) is 4.69. The maximum Gasteiger partial charge on any atom is 0.274 e. The average molecular weight is 434 g/mol. The number of hydrogen-bond acceptors (Lipinski definition) is 5. The highest BCUT2D eigenvalue weighted by atomic mass is 19.1. The molecular formula is C25H23FN2O4.